The lowest BCUT2D eigenvalue weighted by atomic mass is 9.86. The topological polar surface area (TPSA) is 86.1 Å². The van der Waals surface area contributed by atoms with E-state index < -0.39 is 28.9 Å². The monoisotopic (exact) mass is 446 g/mol. The highest BCUT2D eigenvalue weighted by molar-refractivity contribution is 9.10. The molecule has 1 aliphatic heterocycles. The summed E-state index contributed by atoms with van der Waals surface area (Å²) < 4.78 is 28.8. The lowest BCUT2D eigenvalue weighted by Gasteiger charge is -2.34. The summed E-state index contributed by atoms with van der Waals surface area (Å²) in [7, 11) is 0. The Labute approximate surface area is 167 Å². The number of benzene rings is 1. The number of anilines is 1. The molecule has 0 unspecified atom stereocenters. The SMILES string of the molecule is N#Cc1cnc(NC(=O)CN2CC3(CC3)c3c(ccc(Br)c3F)C2=O)c(F)c1. The van der Waals surface area contributed by atoms with Gasteiger partial charge in [0.1, 0.15) is 18.4 Å². The summed E-state index contributed by atoms with van der Waals surface area (Å²) in [5.74, 6) is -2.65. The van der Waals surface area contributed by atoms with Gasteiger partial charge in [-0.2, -0.15) is 5.26 Å². The Bertz CT molecular complexity index is 1060. The van der Waals surface area contributed by atoms with Crippen LogP contribution in [0.15, 0.2) is 28.9 Å². The Kier molecular flexibility index (Phi) is 4.38. The molecular weight excluding hydrogens is 434 g/mol. The molecule has 0 saturated heterocycles. The fourth-order valence-corrected chi connectivity index (χ4v) is 3.89. The van der Waals surface area contributed by atoms with E-state index in [1.165, 1.54) is 11.0 Å². The summed E-state index contributed by atoms with van der Waals surface area (Å²) >= 11 is 3.16. The summed E-state index contributed by atoms with van der Waals surface area (Å²) in [6.45, 7) is -0.0816. The molecule has 0 radical (unpaired) electrons. The van der Waals surface area contributed by atoms with Crippen LogP contribution in [0.1, 0.15) is 34.3 Å². The number of nitrogens with one attached hydrogen (secondary N) is 1. The Hall–Kier alpha value is -2.86. The van der Waals surface area contributed by atoms with Gasteiger partial charge in [0.05, 0.1) is 10.0 Å². The number of halogens is 3. The molecule has 2 aliphatic rings. The van der Waals surface area contributed by atoms with Crippen molar-refractivity contribution in [3.05, 3.63) is 57.2 Å². The normalized spacial score (nSPS) is 16.5. The molecule has 0 bridgehead atoms. The molecule has 1 saturated carbocycles. The van der Waals surface area contributed by atoms with Crippen LogP contribution in [0.25, 0.3) is 0 Å². The second-order valence-corrected chi connectivity index (χ2v) is 7.79. The van der Waals surface area contributed by atoms with Crippen LogP contribution >= 0.6 is 15.9 Å². The van der Waals surface area contributed by atoms with Crippen LogP contribution in [0, 0.1) is 23.0 Å². The first kappa shape index (κ1) is 18.5. The number of amides is 2. The molecule has 4 rings (SSSR count). The summed E-state index contributed by atoms with van der Waals surface area (Å²) in [5, 5.41) is 11.0. The number of fused-ring (bicyclic) bond motifs is 2. The van der Waals surface area contributed by atoms with Crippen molar-refractivity contribution in [3.63, 3.8) is 0 Å². The van der Waals surface area contributed by atoms with E-state index in [9.17, 15) is 18.4 Å². The van der Waals surface area contributed by atoms with E-state index in [0.29, 0.717) is 10.0 Å². The van der Waals surface area contributed by atoms with Crippen LogP contribution in [-0.2, 0) is 10.2 Å². The lowest BCUT2D eigenvalue weighted by Crippen LogP contribution is -2.47. The van der Waals surface area contributed by atoms with E-state index >= 15 is 0 Å². The van der Waals surface area contributed by atoms with Gasteiger partial charge in [0.2, 0.25) is 5.91 Å². The first-order valence-electron chi connectivity index (χ1n) is 8.48. The van der Waals surface area contributed by atoms with Gasteiger partial charge in [-0.05, 0) is 47.0 Å². The van der Waals surface area contributed by atoms with Gasteiger partial charge in [0.25, 0.3) is 5.91 Å². The molecule has 2 amide bonds. The first-order valence-corrected chi connectivity index (χ1v) is 9.27. The smallest absolute Gasteiger partial charge is 0.254 e. The summed E-state index contributed by atoms with van der Waals surface area (Å²) in [6, 6.07) is 5.74. The van der Waals surface area contributed by atoms with Crippen molar-refractivity contribution in [3.8, 4) is 6.07 Å². The van der Waals surface area contributed by atoms with E-state index in [1.54, 1.807) is 12.1 Å². The number of nitrogens with zero attached hydrogens (tertiary/aromatic N) is 3. The van der Waals surface area contributed by atoms with Gasteiger partial charge in [-0.15, -0.1) is 0 Å². The molecule has 2 heterocycles. The number of hydrogen-bond donors (Lipinski definition) is 1. The second-order valence-electron chi connectivity index (χ2n) is 6.94. The molecule has 1 N–H and O–H groups in total. The zero-order valence-corrected chi connectivity index (χ0v) is 16.0. The third kappa shape index (κ3) is 3.03. The molecule has 1 aromatic heterocycles. The van der Waals surface area contributed by atoms with Gasteiger partial charge in [0.15, 0.2) is 11.6 Å². The molecule has 0 atom stereocenters. The predicted octanol–water partition coefficient (Wildman–Crippen LogP) is 3.12. The molecular formula is C19H13BrF2N4O2. The highest BCUT2D eigenvalue weighted by atomic mass is 79.9. The van der Waals surface area contributed by atoms with Crippen molar-refractivity contribution in [1.29, 1.82) is 5.26 Å². The van der Waals surface area contributed by atoms with Crippen molar-refractivity contribution in [1.82, 2.24) is 9.88 Å². The Morgan fingerprint density at radius 1 is 1.39 bits per heavy atom. The van der Waals surface area contributed by atoms with Crippen LogP contribution in [0.3, 0.4) is 0 Å². The molecule has 1 spiro atoms. The Balaban J connectivity index is 1.55. The molecule has 142 valence electrons. The van der Waals surface area contributed by atoms with Crippen LogP contribution in [-0.4, -0.2) is 34.8 Å². The molecule has 1 fully saturated rings. The van der Waals surface area contributed by atoms with Crippen LogP contribution in [0.4, 0.5) is 14.6 Å². The van der Waals surface area contributed by atoms with Crippen molar-refractivity contribution in [2.75, 3.05) is 18.4 Å². The quantitative estimate of drug-likeness (QED) is 0.784. The number of carbonyl (C=O) groups is 2. The maximum atomic E-state index is 14.6. The van der Waals surface area contributed by atoms with Gasteiger partial charge in [-0.25, -0.2) is 13.8 Å². The number of pyridine rings is 1. The average Bonchev–Trinajstić information content (AvgIpc) is 3.43. The maximum absolute atomic E-state index is 14.6. The standard InChI is InChI=1S/C19H13BrF2N4O2/c20-12-2-1-11-15(16(12)22)19(3-4-19)9-26(18(11)28)8-14(27)25-17-13(21)5-10(6-23)7-24-17/h1-2,5,7H,3-4,8-9H2,(H,24,25,27). The zero-order valence-electron chi connectivity index (χ0n) is 14.4. The Morgan fingerprint density at radius 2 is 2.14 bits per heavy atom. The number of carbonyl (C=O) groups excluding carboxylic acids is 2. The minimum atomic E-state index is -0.840. The molecule has 1 aliphatic carbocycles. The molecule has 2 aromatic rings. The molecule has 9 heteroatoms. The number of rotatable bonds is 3. The van der Waals surface area contributed by atoms with Crippen molar-refractivity contribution in [2.24, 2.45) is 0 Å². The largest absolute Gasteiger partial charge is 0.328 e. The number of nitriles is 1. The van der Waals surface area contributed by atoms with E-state index in [2.05, 4.69) is 26.2 Å². The second kappa shape index (κ2) is 6.63. The van der Waals surface area contributed by atoms with E-state index in [4.69, 9.17) is 5.26 Å². The minimum Gasteiger partial charge on any atom is -0.328 e. The average molecular weight is 447 g/mol. The van der Waals surface area contributed by atoms with E-state index in [0.717, 1.165) is 25.1 Å². The van der Waals surface area contributed by atoms with Crippen LogP contribution in [0.5, 0.6) is 0 Å². The molecule has 1 aromatic carbocycles. The van der Waals surface area contributed by atoms with Gasteiger partial charge in [0, 0.05) is 29.3 Å². The fraction of sp³-hybridized carbons (Fsp3) is 0.263. The van der Waals surface area contributed by atoms with E-state index in [-0.39, 0.29) is 30.0 Å². The third-order valence-corrected chi connectivity index (χ3v) is 5.66. The van der Waals surface area contributed by atoms with Crippen LogP contribution < -0.4 is 5.32 Å². The number of aromatic nitrogens is 1. The summed E-state index contributed by atoms with van der Waals surface area (Å²) in [5.41, 5.74) is 0.209. The lowest BCUT2D eigenvalue weighted by molar-refractivity contribution is -0.117. The van der Waals surface area contributed by atoms with Gasteiger partial charge in [-0.3, -0.25) is 9.59 Å². The summed E-state index contributed by atoms with van der Waals surface area (Å²) in [6.07, 6.45) is 2.59. The van der Waals surface area contributed by atoms with E-state index in [1.807, 2.05) is 0 Å². The fourth-order valence-electron chi connectivity index (χ4n) is 3.56. The van der Waals surface area contributed by atoms with Gasteiger partial charge < -0.3 is 10.2 Å². The highest BCUT2D eigenvalue weighted by Gasteiger charge is 2.53. The van der Waals surface area contributed by atoms with Gasteiger partial charge >= 0.3 is 0 Å². The highest BCUT2D eigenvalue weighted by Crippen LogP contribution is 2.53. The minimum absolute atomic E-state index is 0.0298. The van der Waals surface area contributed by atoms with Gasteiger partial charge in [-0.1, -0.05) is 0 Å². The summed E-state index contributed by atoms with van der Waals surface area (Å²) in [4.78, 5) is 30.2. The first-order chi connectivity index (χ1) is 13.3. The van der Waals surface area contributed by atoms with Crippen LogP contribution in [0.2, 0.25) is 0 Å². The molecule has 28 heavy (non-hydrogen) atoms. The molecule has 6 nitrogen and oxygen atoms in total. The van der Waals surface area contributed by atoms with Crippen molar-refractivity contribution < 1.29 is 18.4 Å². The maximum Gasteiger partial charge on any atom is 0.254 e. The van der Waals surface area contributed by atoms with Crippen molar-refractivity contribution in [2.45, 2.75) is 18.3 Å². The zero-order chi connectivity index (χ0) is 20.1. The number of hydrogen-bond acceptors (Lipinski definition) is 4. The Morgan fingerprint density at radius 3 is 2.79 bits per heavy atom. The predicted molar refractivity (Wildman–Crippen MR) is 98.5 cm³/mol. The van der Waals surface area contributed by atoms with Crippen molar-refractivity contribution >= 4 is 33.6 Å². The third-order valence-electron chi connectivity index (χ3n) is 5.05.